The van der Waals surface area contributed by atoms with Crippen molar-refractivity contribution < 1.29 is 8.91 Å². The predicted molar refractivity (Wildman–Crippen MR) is 119 cm³/mol. The second kappa shape index (κ2) is 8.17. The monoisotopic (exact) mass is 418 g/mol. The van der Waals surface area contributed by atoms with E-state index >= 15 is 0 Å². The maximum Gasteiger partial charge on any atom is 0.191 e. The van der Waals surface area contributed by atoms with Gasteiger partial charge in [-0.1, -0.05) is 47.6 Å². The maximum absolute atomic E-state index is 14.9. The molecule has 1 aromatic heterocycles. The van der Waals surface area contributed by atoms with Gasteiger partial charge in [-0.15, -0.1) is 0 Å². The predicted octanol–water partition coefficient (Wildman–Crippen LogP) is 4.86. The molecule has 1 aliphatic carbocycles. The van der Waals surface area contributed by atoms with Crippen LogP contribution in [0.1, 0.15) is 49.1 Å². The molecule has 160 valence electrons. The number of aromatic nitrogens is 1. The lowest BCUT2D eigenvalue weighted by Crippen LogP contribution is -2.40. The van der Waals surface area contributed by atoms with Crippen molar-refractivity contribution in [3.05, 3.63) is 77.4 Å². The summed E-state index contributed by atoms with van der Waals surface area (Å²) < 4.78 is 20.5. The molecule has 0 amide bonds. The molecule has 2 N–H and O–H groups in total. The van der Waals surface area contributed by atoms with E-state index in [4.69, 9.17) is 10.3 Å². The van der Waals surface area contributed by atoms with Crippen LogP contribution in [0, 0.1) is 5.82 Å². The summed E-state index contributed by atoms with van der Waals surface area (Å²) >= 11 is 0. The number of rotatable bonds is 5. The first-order chi connectivity index (χ1) is 15.2. The first-order valence-corrected chi connectivity index (χ1v) is 11.0. The van der Waals surface area contributed by atoms with Crippen molar-refractivity contribution in [3.63, 3.8) is 0 Å². The highest BCUT2D eigenvalue weighted by Gasteiger charge is 2.48. The number of nitrogens with two attached hydrogens (primary N) is 1. The molecule has 0 radical (unpaired) electrons. The number of hydrogen-bond acceptors (Lipinski definition) is 3. The molecule has 5 rings (SSSR count). The fraction of sp³-hybridized carbons (Fsp3) is 0.360. The Bertz CT molecular complexity index is 1080. The molecule has 2 aromatic carbocycles. The van der Waals surface area contributed by atoms with Crippen LogP contribution >= 0.6 is 0 Å². The number of piperidine rings is 1. The highest BCUT2D eigenvalue weighted by atomic mass is 19.1. The third-order valence-electron chi connectivity index (χ3n) is 6.48. The van der Waals surface area contributed by atoms with E-state index in [1.165, 1.54) is 6.42 Å². The van der Waals surface area contributed by atoms with Crippen LogP contribution in [0.3, 0.4) is 0 Å². The summed E-state index contributed by atoms with van der Waals surface area (Å²) in [6, 6.07) is 17.1. The zero-order chi connectivity index (χ0) is 21.3. The van der Waals surface area contributed by atoms with Crippen LogP contribution in [-0.4, -0.2) is 29.1 Å². The topological polar surface area (TPSA) is 67.6 Å². The van der Waals surface area contributed by atoms with Gasteiger partial charge in [-0.3, -0.25) is 0 Å². The van der Waals surface area contributed by atoms with Crippen molar-refractivity contribution in [1.29, 1.82) is 0 Å². The summed E-state index contributed by atoms with van der Waals surface area (Å²) in [5.41, 5.74) is 9.17. The van der Waals surface area contributed by atoms with E-state index < -0.39 is 0 Å². The van der Waals surface area contributed by atoms with E-state index in [2.05, 4.69) is 15.0 Å². The smallest absolute Gasteiger partial charge is 0.191 e. The number of guanidine groups is 1. The van der Waals surface area contributed by atoms with Gasteiger partial charge in [-0.05, 0) is 49.3 Å². The summed E-state index contributed by atoms with van der Waals surface area (Å²) in [6.45, 7) is 2.29. The average Bonchev–Trinajstić information content (AvgIpc) is 3.49. The SMILES string of the molecule is NC(=NCc1cc(C2(c3ccc(-c4ccccc4)c(F)c3)CC2)no1)N1CCCCC1. The van der Waals surface area contributed by atoms with Gasteiger partial charge in [0.05, 0.1) is 5.69 Å². The molecule has 31 heavy (non-hydrogen) atoms. The number of aliphatic imine (C=N–C) groups is 1. The molecule has 6 heteroatoms. The van der Waals surface area contributed by atoms with Crippen molar-refractivity contribution >= 4 is 5.96 Å². The lowest BCUT2D eigenvalue weighted by molar-refractivity contribution is 0.336. The first-order valence-electron chi connectivity index (χ1n) is 11.0. The molecule has 0 bridgehead atoms. The van der Waals surface area contributed by atoms with Crippen molar-refractivity contribution in [2.24, 2.45) is 10.7 Å². The van der Waals surface area contributed by atoms with E-state index in [9.17, 15) is 4.39 Å². The zero-order valence-corrected chi connectivity index (χ0v) is 17.6. The Labute approximate surface area is 181 Å². The van der Waals surface area contributed by atoms with Gasteiger partial charge in [0.25, 0.3) is 0 Å². The molecule has 5 nitrogen and oxygen atoms in total. The van der Waals surface area contributed by atoms with Gasteiger partial charge in [0, 0.05) is 30.1 Å². The van der Waals surface area contributed by atoms with E-state index in [0.29, 0.717) is 23.8 Å². The van der Waals surface area contributed by atoms with Gasteiger partial charge in [-0.25, -0.2) is 9.38 Å². The first kappa shape index (κ1) is 19.8. The normalized spacial score (nSPS) is 18.2. The minimum absolute atomic E-state index is 0.211. The van der Waals surface area contributed by atoms with Crippen LogP contribution in [0.25, 0.3) is 11.1 Å². The summed E-state index contributed by atoms with van der Waals surface area (Å²) in [5, 5.41) is 4.31. The van der Waals surface area contributed by atoms with Crippen molar-refractivity contribution in [1.82, 2.24) is 10.1 Å². The van der Waals surface area contributed by atoms with Crippen LogP contribution in [0.15, 0.2) is 64.1 Å². The molecule has 2 heterocycles. The molecular weight excluding hydrogens is 391 g/mol. The van der Waals surface area contributed by atoms with Gasteiger partial charge >= 0.3 is 0 Å². The number of halogens is 1. The van der Waals surface area contributed by atoms with Crippen molar-refractivity contribution in [2.45, 2.75) is 44.1 Å². The van der Waals surface area contributed by atoms with Crippen LogP contribution in [0.4, 0.5) is 4.39 Å². The second-order valence-corrected chi connectivity index (χ2v) is 8.54. The molecule has 3 aromatic rings. The fourth-order valence-electron chi connectivity index (χ4n) is 4.48. The molecular formula is C25H27FN4O. The molecule has 1 saturated carbocycles. The number of hydrogen-bond donors (Lipinski definition) is 1. The number of benzene rings is 2. The fourth-order valence-corrected chi connectivity index (χ4v) is 4.48. The third kappa shape index (κ3) is 3.94. The van der Waals surface area contributed by atoms with Crippen LogP contribution in [-0.2, 0) is 12.0 Å². The van der Waals surface area contributed by atoms with E-state index in [1.54, 1.807) is 6.07 Å². The number of likely N-dealkylation sites (tertiary alicyclic amines) is 1. The van der Waals surface area contributed by atoms with E-state index in [0.717, 1.165) is 55.6 Å². The lowest BCUT2D eigenvalue weighted by Gasteiger charge is -2.27. The summed E-state index contributed by atoms with van der Waals surface area (Å²) in [6.07, 6.45) is 5.43. The van der Waals surface area contributed by atoms with Crippen LogP contribution in [0.5, 0.6) is 0 Å². The van der Waals surface area contributed by atoms with Crippen molar-refractivity contribution in [3.8, 4) is 11.1 Å². The van der Waals surface area contributed by atoms with Crippen LogP contribution < -0.4 is 5.73 Å². The van der Waals surface area contributed by atoms with Gasteiger partial charge in [0.1, 0.15) is 12.4 Å². The molecule has 1 aliphatic heterocycles. The Morgan fingerprint density at radius 2 is 1.84 bits per heavy atom. The van der Waals surface area contributed by atoms with Crippen molar-refractivity contribution in [2.75, 3.05) is 13.1 Å². The Balaban J connectivity index is 1.33. The second-order valence-electron chi connectivity index (χ2n) is 8.54. The largest absolute Gasteiger partial charge is 0.370 e. The van der Waals surface area contributed by atoms with E-state index in [1.807, 2.05) is 48.5 Å². The highest BCUT2D eigenvalue weighted by Crippen LogP contribution is 2.53. The Kier molecular flexibility index (Phi) is 5.22. The minimum atomic E-state index is -0.264. The Hall–Kier alpha value is -3.15. The summed E-state index contributed by atoms with van der Waals surface area (Å²) in [5.74, 6) is 1.04. The molecule has 0 unspecified atom stereocenters. The maximum atomic E-state index is 14.9. The summed E-state index contributed by atoms with van der Waals surface area (Å²) in [7, 11) is 0. The number of nitrogens with zero attached hydrogens (tertiary/aromatic N) is 3. The summed E-state index contributed by atoms with van der Waals surface area (Å²) in [4.78, 5) is 6.62. The molecule has 2 fully saturated rings. The van der Waals surface area contributed by atoms with Gasteiger partial charge < -0.3 is 15.2 Å². The van der Waals surface area contributed by atoms with E-state index in [-0.39, 0.29) is 11.2 Å². The lowest BCUT2D eigenvalue weighted by atomic mass is 9.90. The quantitative estimate of drug-likeness (QED) is 0.475. The highest BCUT2D eigenvalue weighted by molar-refractivity contribution is 5.78. The Morgan fingerprint density at radius 3 is 2.55 bits per heavy atom. The molecule has 1 saturated heterocycles. The van der Waals surface area contributed by atoms with Gasteiger partial charge in [0.2, 0.25) is 0 Å². The van der Waals surface area contributed by atoms with Gasteiger partial charge in [0.15, 0.2) is 11.7 Å². The zero-order valence-electron chi connectivity index (χ0n) is 17.6. The van der Waals surface area contributed by atoms with Gasteiger partial charge in [-0.2, -0.15) is 0 Å². The molecule has 0 spiro atoms. The molecule has 2 aliphatic rings. The standard InChI is InChI=1S/C25H27FN4O/c26-22-15-19(9-10-21(22)18-7-3-1-4-8-18)25(11-12-25)23-16-20(31-29-23)17-28-24(27)30-13-5-2-6-14-30/h1,3-4,7-10,15-16H,2,5-6,11-14,17H2,(H2,27,28). The third-order valence-corrected chi connectivity index (χ3v) is 6.48. The van der Waals surface area contributed by atoms with Crippen LogP contribution in [0.2, 0.25) is 0 Å². The average molecular weight is 419 g/mol. The Morgan fingerprint density at radius 1 is 1.06 bits per heavy atom. The minimum Gasteiger partial charge on any atom is -0.370 e. The molecule has 0 atom stereocenters.